The predicted molar refractivity (Wildman–Crippen MR) is 87.0 cm³/mol. The fraction of sp³-hybridized carbons (Fsp3) is 0.0667. The first-order chi connectivity index (χ1) is 11.0. The Morgan fingerprint density at radius 2 is 1.70 bits per heavy atom. The molecule has 0 amide bonds. The van der Waals surface area contributed by atoms with E-state index in [2.05, 4.69) is 9.97 Å². The van der Waals surface area contributed by atoms with Crippen LogP contribution in [0.5, 0.6) is 5.75 Å². The van der Waals surface area contributed by atoms with Crippen LogP contribution in [-0.2, 0) is 0 Å². The van der Waals surface area contributed by atoms with Gasteiger partial charge in [0.15, 0.2) is 11.6 Å². The van der Waals surface area contributed by atoms with Gasteiger partial charge in [0.1, 0.15) is 11.3 Å². The smallest absolute Gasteiger partial charge is 0.279 e. The molecule has 23 heavy (non-hydrogen) atoms. The van der Waals surface area contributed by atoms with Crippen LogP contribution < -0.4 is 16.2 Å². The molecule has 0 unspecified atom stereocenters. The summed E-state index contributed by atoms with van der Waals surface area (Å²) in [6.45, 7) is 0. The summed E-state index contributed by atoms with van der Waals surface area (Å²) in [5.74, 6) is 0.770. The maximum absolute atomic E-state index is 11.4. The van der Waals surface area contributed by atoms with E-state index in [4.69, 9.17) is 16.2 Å². The third-order valence-electron chi connectivity index (χ3n) is 3.45. The topological polar surface area (TPSA) is 130 Å². The first-order valence-electron chi connectivity index (χ1n) is 6.65. The minimum Gasteiger partial charge on any atom is -0.497 e. The van der Waals surface area contributed by atoms with Gasteiger partial charge in [-0.1, -0.05) is 12.1 Å². The van der Waals surface area contributed by atoms with Gasteiger partial charge in [0.2, 0.25) is 0 Å². The fourth-order valence-corrected chi connectivity index (χ4v) is 2.33. The second kappa shape index (κ2) is 5.41. The van der Waals surface area contributed by atoms with Crippen molar-refractivity contribution in [3.63, 3.8) is 0 Å². The first kappa shape index (κ1) is 14.5. The highest BCUT2D eigenvalue weighted by Gasteiger charge is 2.21. The van der Waals surface area contributed by atoms with Crippen molar-refractivity contribution in [2.75, 3.05) is 18.6 Å². The average Bonchev–Trinajstić information content (AvgIpc) is 2.55. The lowest BCUT2D eigenvalue weighted by Gasteiger charge is -2.09. The van der Waals surface area contributed by atoms with E-state index in [9.17, 15) is 10.1 Å². The van der Waals surface area contributed by atoms with E-state index < -0.39 is 4.92 Å². The zero-order valence-electron chi connectivity index (χ0n) is 12.2. The molecule has 0 aliphatic heterocycles. The number of nitrogens with zero attached hydrogens (tertiary/aromatic N) is 3. The first-order valence-corrected chi connectivity index (χ1v) is 6.65. The van der Waals surface area contributed by atoms with Crippen LogP contribution in [0.2, 0.25) is 0 Å². The van der Waals surface area contributed by atoms with Crippen molar-refractivity contribution >= 4 is 28.4 Å². The second-order valence-corrected chi connectivity index (χ2v) is 4.81. The third kappa shape index (κ3) is 2.46. The van der Waals surface area contributed by atoms with E-state index in [-0.39, 0.29) is 17.3 Å². The number of hydrogen-bond donors (Lipinski definition) is 2. The molecule has 0 saturated heterocycles. The SMILES string of the molecule is COc1ccc(-c2c([N+](=O)[O-])ccc3nc(N)c(N)nc23)cc1. The van der Waals surface area contributed by atoms with Gasteiger partial charge in [-0.2, -0.15) is 0 Å². The maximum Gasteiger partial charge on any atom is 0.279 e. The molecule has 1 aromatic heterocycles. The largest absolute Gasteiger partial charge is 0.497 e. The Bertz CT molecular complexity index is 909. The number of rotatable bonds is 3. The van der Waals surface area contributed by atoms with Crippen molar-refractivity contribution in [3.05, 3.63) is 46.5 Å². The van der Waals surface area contributed by atoms with Crippen molar-refractivity contribution in [2.24, 2.45) is 0 Å². The van der Waals surface area contributed by atoms with Crippen molar-refractivity contribution in [3.8, 4) is 16.9 Å². The number of nitro benzene ring substituents is 1. The summed E-state index contributed by atoms with van der Waals surface area (Å²) < 4.78 is 5.11. The summed E-state index contributed by atoms with van der Waals surface area (Å²) in [5.41, 5.74) is 13.0. The van der Waals surface area contributed by atoms with Gasteiger partial charge < -0.3 is 16.2 Å². The molecule has 0 fully saturated rings. The van der Waals surface area contributed by atoms with Crippen LogP contribution in [0.25, 0.3) is 22.2 Å². The van der Waals surface area contributed by atoms with E-state index in [1.54, 1.807) is 31.4 Å². The molecule has 3 rings (SSSR count). The molecule has 0 aliphatic carbocycles. The van der Waals surface area contributed by atoms with Crippen LogP contribution >= 0.6 is 0 Å². The lowest BCUT2D eigenvalue weighted by atomic mass is 10.0. The van der Waals surface area contributed by atoms with Crippen molar-refractivity contribution in [1.82, 2.24) is 9.97 Å². The standard InChI is InChI=1S/C15H13N5O3/c1-23-9-4-2-8(3-5-9)12-11(20(21)22)7-6-10-13(12)19-15(17)14(16)18-10/h2-7H,1H3,(H2,16,18)(H2,17,19). The molecule has 0 aliphatic rings. The number of nitrogen functional groups attached to an aromatic ring is 2. The summed E-state index contributed by atoms with van der Waals surface area (Å²) >= 11 is 0. The molecular weight excluding hydrogens is 298 g/mol. The Labute approximate surface area is 130 Å². The zero-order chi connectivity index (χ0) is 16.6. The number of benzene rings is 2. The Morgan fingerprint density at radius 1 is 1.04 bits per heavy atom. The van der Waals surface area contributed by atoms with Crippen LogP contribution in [0.4, 0.5) is 17.3 Å². The van der Waals surface area contributed by atoms with Crippen LogP contribution in [0.1, 0.15) is 0 Å². The number of nitro groups is 1. The Morgan fingerprint density at radius 3 is 2.30 bits per heavy atom. The van der Waals surface area contributed by atoms with Gasteiger partial charge in [-0.15, -0.1) is 0 Å². The molecule has 3 aromatic rings. The molecule has 0 bridgehead atoms. The van der Waals surface area contributed by atoms with Crippen LogP contribution in [-0.4, -0.2) is 22.0 Å². The minimum absolute atomic E-state index is 0.0350. The number of aromatic nitrogens is 2. The van der Waals surface area contributed by atoms with Gasteiger partial charge in [-0.3, -0.25) is 10.1 Å². The van der Waals surface area contributed by atoms with E-state index in [0.29, 0.717) is 27.9 Å². The minimum atomic E-state index is -0.465. The van der Waals surface area contributed by atoms with Crippen molar-refractivity contribution < 1.29 is 9.66 Å². The number of hydrogen-bond acceptors (Lipinski definition) is 7. The quantitative estimate of drug-likeness (QED) is 0.560. The molecule has 2 aromatic carbocycles. The van der Waals surface area contributed by atoms with E-state index in [1.165, 1.54) is 12.1 Å². The lowest BCUT2D eigenvalue weighted by Crippen LogP contribution is -2.03. The van der Waals surface area contributed by atoms with E-state index in [0.717, 1.165) is 0 Å². The molecule has 8 heteroatoms. The van der Waals surface area contributed by atoms with Gasteiger partial charge in [0.25, 0.3) is 5.69 Å². The number of ether oxygens (including phenoxy) is 1. The molecule has 116 valence electrons. The lowest BCUT2D eigenvalue weighted by molar-refractivity contribution is -0.384. The Balaban J connectivity index is 2.36. The van der Waals surface area contributed by atoms with Crippen LogP contribution in [0.15, 0.2) is 36.4 Å². The Kier molecular flexibility index (Phi) is 3.41. The monoisotopic (exact) mass is 311 g/mol. The molecule has 1 heterocycles. The molecule has 0 saturated carbocycles. The molecule has 0 spiro atoms. The number of methoxy groups -OCH3 is 1. The maximum atomic E-state index is 11.4. The van der Waals surface area contributed by atoms with Gasteiger partial charge in [-0.05, 0) is 23.8 Å². The van der Waals surface area contributed by atoms with E-state index in [1.807, 2.05) is 0 Å². The molecular formula is C15H13N5O3. The summed E-state index contributed by atoms with van der Waals surface area (Å²) in [7, 11) is 1.55. The zero-order valence-corrected chi connectivity index (χ0v) is 12.2. The highest BCUT2D eigenvalue weighted by atomic mass is 16.6. The molecule has 4 N–H and O–H groups in total. The Hall–Kier alpha value is -3.42. The van der Waals surface area contributed by atoms with Crippen molar-refractivity contribution in [2.45, 2.75) is 0 Å². The summed E-state index contributed by atoms with van der Waals surface area (Å²) in [6, 6.07) is 9.75. The average molecular weight is 311 g/mol. The number of anilines is 2. The summed E-state index contributed by atoms with van der Waals surface area (Å²) in [5, 5.41) is 11.4. The summed E-state index contributed by atoms with van der Waals surface area (Å²) in [6.07, 6.45) is 0. The molecule has 8 nitrogen and oxygen atoms in total. The summed E-state index contributed by atoms with van der Waals surface area (Å²) in [4.78, 5) is 19.3. The van der Waals surface area contributed by atoms with E-state index >= 15 is 0 Å². The highest BCUT2D eigenvalue weighted by Crippen LogP contribution is 2.36. The number of nitrogens with two attached hydrogens (primary N) is 2. The van der Waals surface area contributed by atoms with Gasteiger partial charge in [-0.25, -0.2) is 9.97 Å². The van der Waals surface area contributed by atoms with Crippen LogP contribution in [0.3, 0.4) is 0 Å². The number of fused-ring (bicyclic) bond motifs is 1. The fourth-order valence-electron chi connectivity index (χ4n) is 2.33. The van der Waals surface area contributed by atoms with Gasteiger partial charge in [0.05, 0.1) is 23.1 Å². The predicted octanol–water partition coefficient (Wildman–Crippen LogP) is 2.38. The normalized spacial score (nSPS) is 10.7. The molecule has 0 radical (unpaired) electrons. The van der Waals surface area contributed by atoms with Gasteiger partial charge >= 0.3 is 0 Å². The van der Waals surface area contributed by atoms with Crippen LogP contribution in [0, 0.1) is 10.1 Å². The second-order valence-electron chi connectivity index (χ2n) is 4.81. The van der Waals surface area contributed by atoms with Gasteiger partial charge in [0, 0.05) is 6.07 Å². The highest BCUT2D eigenvalue weighted by molar-refractivity contribution is 5.98. The van der Waals surface area contributed by atoms with Crippen molar-refractivity contribution in [1.29, 1.82) is 0 Å². The molecule has 0 atom stereocenters. The third-order valence-corrected chi connectivity index (χ3v) is 3.45.